The minimum atomic E-state index is -7.22. The van der Waals surface area contributed by atoms with Crippen molar-refractivity contribution < 1.29 is 87.8 Å². The van der Waals surface area contributed by atoms with Gasteiger partial charge in [-0.1, -0.05) is 84.9 Å². The van der Waals surface area contributed by atoms with Gasteiger partial charge in [0.05, 0.1) is 10.9 Å². The van der Waals surface area contributed by atoms with E-state index in [2.05, 4.69) is 115 Å². The van der Waals surface area contributed by atoms with Crippen molar-refractivity contribution in [3.63, 3.8) is 0 Å². The van der Waals surface area contributed by atoms with Crippen molar-refractivity contribution in [1.82, 2.24) is 0 Å². The van der Waals surface area contributed by atoms with Gasteiger partial charge < -0.3 is 0 Å². The van der Waals surface area contributed by atoms with Crippen LogP contribution in [-0.2, 0) is 16.6 Å². The van der Waals surface area contributed by atoms with Gasteiger partial charge in [0.25, 0.3) is 0 Å². The number of benzene rings is 9. The van der Waals surface area contributed by atoms with Crippen LogP contribution in [0.2, 0.25) is 0 Å². The predicted octanol–water partition coefficient (Wildman–Crippen LogP) is 13.1. The first-order valence-corrected chi connectivity index (χ1v) is 21.9. The molecule has 0 aliphatic rings. The number of rotatable bonds is 8. The van der Waals surface area contributed by atoms with Gasteiger partial charge in [-0.05, 0) is 51.9 Å². The molecule has 9 aromatic carbocycles. The van der Waals surface area contributed by atoms with E-state index in [9.17, 15) is 52.7 Å². The maximum atomic E-state index is 15.4. The third-order valence-electron chi connectivity index (χ3n) is 11.9. The second-order valence-electron chi connectivity index (χ2n) is 15.8. The van der Waals surface area contributed by atoms with E-state index in [4.69, 9.17) is 0 Å². The smallest absolute Gasteiger partial charge is 0.200 e. The number of hydrogen-bond acceptors (Lipinski definition) is 0. The van der Waals surface area contributed by atoms with Crippen molar-refractivity contribution in [2.45, 2.75) is 15.5 Å². The molecular formula is C51H21BF20S. The Kier molecular flexibility index (Phi) is 14.1. The summed E-state index contributed by atoms with van der Waals surface area (Å²) in [6.45, 7) is 0. The topological polar surface area (TPSA) is 0 Å². The van der Waals surface area contributed by atoms with Crippen LogP contribution < -0.4 is 21.9 Å². The second kappa shape index (κ2) is 19.8. The summed E-state index contributed by atoms with van der Waals surface area (Å²) in [7, 11) is -0.0143. The fourth-order valence-electron chi connectivity index (χ4n) is 8.75. The molecule has 0 amide bonds. The Bertz CT molecular complexity index is 3190. The van der Waals surface area contributed by atoms with Gasteiger partial charge in [0.15, 0.2) is 79.6 Å². The molecule has 0 radical (unpaired) electrons. The SMILES string of the molecule is Fc1c(F)c(F)c([B-](c2c(F)c(F)c(F)c(F)c2F)(c2c(F)c(F)c(F)c(F)c2F)c2c(F)c(F)c(F)c(F)c2F)c(F)c1F.c1ccc([S+](Cc2c3ccccc3cc3ccccc23)c2ccccc2)cc1. The summed E-state index contributed by atoms with van der Waals surface area (Å²) >= 11 is 0. The molecule has 0 fully saturated rings. The molecule has 0 aliphatic carbocycles. The average molecular weight is 1060 g/mol. The van der Waals surface area contributed by atoms with Gasteiger partial charge in [-0.3, -0.25) is 0 Å². The number of halogens is 20. The lowest BCUT2D eigenvalue weighted by Crippen LogP contribution is -2.81. The largest absolute Gasteiger partial charge is 0.207 e. The first kappa shape index (κ1) is 51.9. The van der Waals surface area contributed by atoms with Crippen LogP contribution in [0.4, 0.5) is 87.8 Å². The summed E-state index contributed by atoms with van der Waals surface area (Å²) in [6, 6.07) is 41.8. The Morgan fingerprint density at radius 2 is 0.479 bits per heavy atom. The van der Waals surface area contributed by atoms with Gasteiger partial charge in [0.2, 0.25) is 0 Å². The lowest BCUT2D eigenvalue weighted by Gasteiger charge is -2.44. The number of fused-ring (bicyclic) bond motifs is 2. The third kappa shape index (κ3) is 8.28. The van der Waals surface area contributed by atoms with E-state index >= 15 is 35.1 Å². The number of hydrogen-bond donors (Lipinski definition) is 0. The van der Waals surface area contributed by atoms with Crippen molar-refractivity contribution in [1.29, 1.82) is 0 Å². The van der Waals surface area contributed by atoms with E-state index in [1.54, 1.807) is 0 Å². The van der Waals surface area contributed by atoms with Crippen LogP contribution in [0.3, 0.4) is 0 Å². The zero-order valence-electron chi connectivity index (χ0n) is 35.7. The van der Waals surface area contributed by atoms with Gasteiger partial charge in [0, 0.05) is 5.56 Å². The first-order valence-electron chi connectivity index (χ1n) is 20.5. The lowest BCUT2D eigenvalue weighted by atomic mass is 9.12. The van der Waals surface area contributed by atoms with Crippen LogP contribution in [0.25, 0.3) is 21.5 Å². The molecule has 0 heterocycles. The van der Waals surface area contributed by atoms with Gasteiger partial charge in [-0.25, -0.2) is 87.8 Å². The highest BCUT2D eigenvalue weighted by Gasteiger charge is 2.52. The maximum Gasteiger partial charge on any atom is 0.200 e. The highest BCUT2D eigenvalue weighted by molar-refractivity contribution is 7.96. The van der Waals surface area contributed by atoms with Gasteiger partial charge >= 0.3 is 0 Å². The molecule has 374 valence electrons. The summed E-state index contributed by atoms with van der Waals surface area (Å²) < 4.78 is 294. The van der Waals surface area contributed by atoms with Crippen LogP contribution in [0.5, 0.6) is 0 Å². The molecule has 73 heavy (non-hydrogen) atoms. The molecule has 22 heteroatoms. The maximum absolute atomic E-state index is 15.4. The molecule has 0 saturated carbocycles. The standard InChI is InChI=1S/C27H21S.C24BF20/c1-3-13-23(14-4-1)28(24-15-5-2-6-16-24)20-27-25-17-9-7-11-21(25)19-22-12-8-10-18-26(22)27;26-5-1(6(27)14(35)21(42)13(5)34)25(2-7(28)15(36)22(43)16(37)8(2)29,3-9(30)17(38)23(44)18(39)10(3)31)4-11(32)19(40)24(45)20(41)12(4)33/h1-19H,20H2;/q+1;-1. The Morgan fingerprint density at radius 1 is 0.260 bits per heavy atom. The molecule has 9 rings (SSSR count). The Morgan fingerprint density at radius 3 is 0.740 bits per heavy atom. The minimum absolute atomic E-state index is 0.0143. The van der Waals surface area contributed by atoms with Gasteiger partial charge in [0.1, 0.15) is 58.4 Å². The van der Waals surface area contributed by atoms with Crippen LogP contribution in [0.1, 0.15) is 5.56 Å². The zero-order valence-corrected chi connectivity index (χ0v) is 36.5. The van der Waals surface area contributed by atoms with Crippen molar-refractivity contribution in [2.75, 3.05) is 0 Å². The highest BCUT2D eigenvalue weighted by atomic mass is 32.2. The summed E-state index contributed by atoms with van der Waals surface area (Å²) in [6.07, 6.45) is -7.22. The minimum Gasteiger partial charge on any atom is -0.207 e. The molecule has 0 unspecified atom stereocenters. The highest BCUT2D eigenvalue weighted by Crippen LogP contribution is 2.36. The molecule has 0 aromatic heterocycles. The fraction of sp³-hybridized carbons (Fsp3) is 0.0196. The van der Waals surface area contributed by atoms with E-state index in [-0.39, 0.29) is 10.9 Å². The molecule has 0 saturated heterocycles. The summed E-state index contributed by atoms with van der Waals surface area (Å²) in [4.78, 5) is 2.79. The summed E-state index contributed by atoms with van der Waals surface area (Å²) in [5, 5.41) is 5.37. The predicted molar refractivity (Wildman–Crippen MR) is 231 cm³/mol. The van der Waals surface area contributed by atoms with Crippen molar-refractivity contribution in [3.05, 3.63) is 237 Å². The quantitative estimate of drug-likeness (QED) is 0.0355. The first-order chi connectivity index (χ1) is 34.6. The average Bonchev–Trinajstić information content (AvgIpc) is 3.40. The van der Waals surface area contributed by atoms with E-state index in [1.807, 2.05) is 0 Å². The Labute approximate surface area is 400 Å². The van der Waals surface area contributed by atoms with E-state index in [0.717, 1.165) is 5.75 Å². The molecule has 0 bridgehead atoms. The molecular weight excluding hydrogens is 1040 g/mol. The van der Waals surface area contributed by atoms with Crippen LogP contribution >= 0.6 is 0 Å². The fourth-order valence-corrected chi connectivity index (χ4v) is 10.9. The van der Waals surface area contributed by atoms with Gasteiger partial charge in [-0.2, -0.15) is 0 Å². The zero-order chi connectivity index (χ0) is 53.1. The Hall–Kier alpha value is -7.49. The summed E-state index contributed by atoms with van der Waals surface area (Å²) in [5.74, 6) is -70.4. The lowest BCUT2D eigenvalue weighted by molar-refractivity contribution is 0.378. The van der Waals surface area contributed by atoms with Gasteiger partial charge in [-0.15, -0.1) is 21.9 Å². The molecule has 0 aliphatic heterocycles. The van der Waals surface area contributed by atoms with Crippen LogP contribution in [0, 0.1) is 116 Å². The molecule has 0 nitrogen and oxygen atoms in total. The van der Waals surface area contributed by atoms with Crippen molar-refractivity contribution in [2.24, 2.45) is 0 Å². The second-order valence-corrected chi connectivity index (χ2v) is 17.8. The Balaban J connectivity index is 0.000000216. The van der Waals surface area contributed by atoms with E-state index in [1.165, 1.54) is 36.9 Å². The van der Waals surface area contributed by atoms with Crippen molar-refractivity contribution >= 4 is 60.4 Å². The van der Waals surface area contributed by atoms with E-state index in [0.29, 0.717) is 0 Å². The third-order valence-corrected chi connectivity index (χ3v) is 14.2. The van der Waals surface area contributed by atoms with Crippen LogP contribution in [0.15, 0.2) is 125 Å². The summed E-state index contributed by atoms with van der Waals surface area (Å²) in [5.41, 5.74) is -12.9. The molecule has 0 atom stereocenters. The monoisotopic (exact) mass is 1060 g/mol. The van der Waals surface area contributed by atoms with E-state index < -0.39 is 144 Å². The molecule has 9 aromatic rings. The van der Waals surface area contributed by atoms with Crippen LogP contribution in [-0.4, -0.2) is 6.15 Å². The van der Waals surface area contributed by atoms with Crippen molar-refractivity contribution in [3.8, 4) is 0 Å². The molecule has 0 spiro atoms. The normalized spacial score (nSPS) is 11.7. The molecule has 0 N–H and O–H groups in total.